The molecule has 92 valence electrons. The van der Waals surface area contributed by atoms with Gasteiger partial charge in [0.05, 0.1) is 6.61 Å². The van der Waals surface area contributed by atoms with Crippen molar-refractivity contribution in [2.45, 2.75) is 31.7 Å². The predicted octanol–water partition coefficient (Wildman–Crippen LogP) is 3.66. The zero-order valence-electron chi connectivity index (χ0n) is 9.92. The molecule has 0 spiro atoms. The zero-order valence-corrected chi connectivity index (χ0v) is 11.5. The molecule has 2 aliphatic rings. The van der Waals surface area contributed by atoms with Gasteiger partial charge in [-0.05, 0) is 61.9 Å². The van der Waals surface area contributed by atoms with E-state index in [2.05, 4.69) is 39.4 Å². The van der Waals surface area contributed by atoms with E-state index in [1.165, 1.54) is 31.2 Å². The van der Waals surface area contributed by atoms with Crippen LogP contribution in [0.2, 0.25) is 0 Å². The van der Waals surface area contributed by atoms with Gasteiger partial charge in [0.2, 0.25) is 0 Å². The molecular weight excluding hydrogens is 278 g/mol. The van der Waals surface area contributed by atoms with Crippen molar-refractivity contribution in [3.63, 3.8) is 0 Å². The van der Waals surface area contributed by atoms with Gasteiger partial charge in [-0.25, -0.2) is 0 Å². The Kier molecular flexibility index (Phi) is 3.39. The van der Waals surface area contributed by atoms with Gasteiger partial charge in [-0.1, -0.05) is 15.9 Å². The molecule has 1 aliphatic heterocycles. The Morgan fingerprint density at radius 3 is 2.82 bits per heavy atom. The summed E-state index contributed by atoms with van der Waals surface area (Å²) in [6.07, 6.45) is 5.18. The number of nitrogens with one attached hydrogen (secondary N) is 1. The molecule has 1 unspecified atom stereocenters. The fourth-order valence-electron chi connectivity index (χ4n) is 2.34. The highest BCUT2D eigenvalue weighted by molar-refractivity contribution is 9.10. The van der Waals surface area contributed by atoms with E-state index in [0.29, 0.717) is 6.04 Å². The second kappa shape index (κ2) is 4.99. The zero-order chi connectivity index (χ0) is 11.7. The van der Waals surface area contributed by atoms with Crippen LogP contribution in [0.25, 0.3) is 0 Å². The van der Waals surface area contributed by atoms with Crippen LogP contribution in [-0.4, -0.2) is 13.2 Å². The molecule has 1 N–H and O–H groups in total. The van der Waals surface area contributed by atoms with Crippen LogP contribution in [0.5, 0.6) is 5.75 Å². The van der Waals surface area contributed by atoms with Crippen molar-refractivity contribution in [1.82, 2.24) is 5.32 Å². The van der Waals surface area contributed by atoms with Gasteiger partial charge in [0.1, 0.15) is 5.75 Å². The van der Waals surface area contributed by atoms with Crippen LogP contribution in [-0.2, 0) is 0 Å². The quantitative estimate of drug-likeness (QED) is 0.915. The highest BCUT2D eigenvalue weighted by Crippen LogP contribution is 2.32. The lowest BCUT2D eigenvalue weighted by atomic mass is 10.1. The van der Waals surface area contributed by atoms with Gasteiger partial charge in [0.25, 0.3) is 0 Å². The van der Waals surface area contributed by atoms with E-state index in [1.54, 1.807) is 0 Å². The molecular formula is C14H18BrNO. The first-order valence-electron chi connectivity index (χ1n) is 6.48. The molecule has 1 aromatic carbocycles. The summed E-state index contributed by atoms with van der Waals surface area (Å²) < 4.78 is 6.97. The molecule has 0 radical (unpaired) electrons. The normalized spacial score (nSPS) is 23.9. The van der Waals surface area contributed by atoms with Crippen molar-refractivity contribution in [3.05, 3.63) is 28.2 Å². The van der Waals surface area contributed by atoms with Crippen molar-refractivity contribution >= 4 is 15.9 Å². The molecule has 1 saturated carbocycles. The molecule has 3 rings (SSSR count). The average Bonchev–Trinajstić information content (AvgIpc) is 2.98. The molecule has 1 aromatic rings. The van der Waals surface area contributed by atoms with Crippen molar-refractivity contribution in [3.8, 4) is 5.75 Å². The number of halogens is 1. The summed E-state index contributed by atoms with van der Waals surface area (Å²) in [4.78, 5) is 0. The second-order valence-electron chi connectivity index (χ2n) is 5.12. The molecule has 0 bridgehead atoms. The molecule has 1 heterocycles. The van der Waals surface area contributed by atoms with Crippen LogP contribution in [0.1, 0.15) is 37.3 Å². The summed E-state index contributed by atoms with van der Waals surface area (Å²) in [5, 5.41) is 3.53. The van der Waals surface area contributed by atoms with Gasteiger partial charge in [-0.15, -0.1) is 0 Å². The summed E-state index contributed by atoms with van der Waals surface area (Å²) in [7, 11) is 0. The van der Waals surface area contributed by atoms with Gasteiger partial charge in [-0.3, -0.25) is 0 Å². The predicted molar refractivity (Wildman–Crippen MR) is 72.3 cm³/mol. The Labute approximate surface area is 111 Å². The van der Waals surface area contributed by atoms with Gasteiger partial charge < -0.3 is 10.1 Å². The first-order chi connectivity index (χ1) is 8.31. The lowest BCUT2D eigenvalue weighted by Gasteiger charge is -2.13. The molecule has 2 fully saturated rings. The fourth-order valence-corrected chi connectivity index (χ4v) is 2.83. The van der Waals surface area contributed by atoms with E-state index in [4.69, 9.17) is 4.74 Å². The first kappa shape index (κ1) is 11.5. The van der Waals surface area contributed by atoms with E-state index >= 15 is 0 Å². The maximum absolute atomic E-state index is 5.85. The van der Waals surface area contributed by atoms with Crippen molar-refractivity contribution in [2.75, 3.05) is 13.2 Å². The summed E-state index contributed by atoms with van der Waals surface area (Å²) in [5.74, 6) is 1.82. The van der Waals surface area contributed by atoms with Gasteiger partial charge in [0.15, 0.2) is 0 Å². The van der Waals surface area contributed by atoms with Crippen molar-refractivity contribution in [2.24, 2.45) is 5.92 Å². The summed E-state index contributed by atoms with van der Waals surface area (Å²) >= 11 is 3.57. The van der Waals surface area contributed by atoms with E-state index in [-0.39, 0.29) is 0 Å². The monoisotopic (exact) mass is 295 g/mol. The SMILES string of the molecule is Brc1cc(OCC2CC2)cc(C2CCCN2)c1. The Bertz CT molecular complexity index is 397. The first-order valence-corrected chi connectivity index (χ1v) is 7.27. The van der Waals surface area contributed by atoms with Crippen LogP contribution in [0.15, 0.2) is 22.7 Å². The second-order valence-corrected chi connectivity index (χ2v) is 6.04. The number of benzene rings is 1. The van der Waals surface area contributed by atoms with E-state index in [0.717, 1.165) is 29.3 Å². The van der Waals surface area contributed by atoms with Gasteiger partial charge in [0, 0.05) is 10.5 Å². The molecule has 1 aliphatic carbocycles. The molecule has 2 nitrogen and oxygen atoms in total. The largest absolute Gasteiger partial charge is 0.493 e. The van der Waals surface area contributed by atoms with Crippen molar-refractivity contribution in [1.29, 1.82) is 0 Å². The average molecular weight is 296 g/mol. The third kappa shape index (κ3) is 3.02. The number of rotatable bonds is 4. The lowest BCUT2D eigenvalue weighted by Crippen LogP contribution is -2.13. The molecule has 1 atom stereocenters. The molecule has 0 aromatic heterocycles. The van der Waals surface area contributed by atoms with E-state index in [1.807, 2.05) is 0 Å². The molecule has 1 saturated heterocycles. The Morgan fingerprint density at radius 2 is 2.12 bits per heavy atom. The standard InChI is InChI=1S/C14H18BrNO/c15-12-6-11(14-2-1-5-16-14)7-13(8-12)17-9-10-3-4-10/h6-8,10,14,16H,1-5,9H2. The minimum absolute atomic E-state index is 0.510. The van der Waals surface area contributed by atoms with E-state index < -0.39 is 0 Å². The smallest absolute Gasteiger partial charge is 0.120 e. The minimum Gasteiger partial charge on any atom is -0.493 e. The van der Waals surface area contributed by atoms with Crippen LogP contribution < -0.4 is 10.1 Å². The van der Waals surface area contributed by atoms with Crippen molar-refractivity contribution < 1.29 is 4.74 Å². The summed E-state index contributed by atoms with van der Waals surface area (Å²) in [6.45, 7) is 2.02. The maximum Gasteiger partial charge on any atom is 0.120 e. The van der Waals surface area contributed by atoms with E-state index in [9.17, 15) is 0 Å². The van der Waals surface area contributed by atoms with Gasteiger partial charge in [-0.2, -0.15) is 0 Å². The summed E-state index contributed by atoms with van der Waals surface area (Å²) in [6, 6.07) is 6.97. The Balaban J connectivity index is 1.73. The molecule has 17 heavy (non-hydrogen) atoms. The lowest BCUT2D eigenvalue weighted by molar-refractivity contribution is 0.299. The third-order valence-electron chi connectivity index (χ3n) is 3.54. The fraction of sp³-hybridized carbons (Fsp3) is 0.571. The maximum atomic E-state index is 5.85. The highest BCUT2D eigenvalue weighted by Gasteiger charge is 2.22. The number of hydrogen-bond acceptors (Lipinski definition) is 2. The topological polar surface area (TPSA) is 21.3 Å². The Hall–Kier alpha value is -0.540. The summed E-state index contributed by atoms with van der Waals surface area (Å²) in [5.41, 5.74) is 1.35. The van der Waals surface area contributed by atoms with Gasteiger partial charge >= 0.3 is 0 Å². The highest BCUT2D eigenvalue weighted by atomic mass is 79.9. The van der Waals surface area contributed by atoms with Crippen LogP contribution >= 0.6 is 15.9 Å². The van der Waals surface area contributed by atoms with Crippen LogP contribution in [0.4, 0.5) is 0 Å². The number of ether oxygens (including phenoxy) is 1. The Morgan fingerprint density at radius 1 is 1.24 bits per heavy atom. The van der Waals surface area contributed by atoms with Crippen LogP contribution in [0, 0.1) is 5.92 Å². The minimum atomic E-state index is 0.510. The molecule has 0 amide bonds. The number of hydrogen-bond donors (Lipinski definition) is 1. The van der Waals surface area contributed by atoms with Crippen LogP contribution in [0.3, 0.4) is 0 Å². The molecule has 3 heteroatoms. The third-order valence-corrected chi connectivity index (χ3v) is 4.00.